The molecule has 1 aliphatic heterocycles. The first-order valence-electron chi connectivity index (χ1n) is 9.96. The molecule has 2 aromatic rings. The predicted molar refractivity (Wildman–Crippen MR) is 112 cm³/mol. The van der Waals surface area contributed by atoms with Gasteiger partial charge in [-0.3, -0.25) is 4.79 Å². The van der Waals surface area contributed by atoms with Crippen LogP contribution in [0.25, 0.3) is 6.08 Å². The van der Waals surface area contributed by atoms with E-state index in [0.717, 1.165) is 30.4 Å². The highest BCUT2D eigenvalue weighted by Crippen LogP contribution is 2.51. The van der Waals surface area contributed by atoms with Crippen molar-refractivity contribution in [1.82, 2.24) is 0 Å². The molecule has 0 N–H and O–H groups in total. The summed E-state index contributed by atoms with van der Waals surface area (Å²) in [5.74, 6) is -0.0899. The number of ether oxygens (including phenoxy) is 1. The third-order valence-corrected chi connectivity index (χ3v) is 6.32. The van der Waals surface area contributed by atoms with Crippen LogP contribution in [0.4, 0.5) is 0 Å². The van der Waals surface area contributed by atoms with Crippen LogP contribution >= 0.6 is 11.6 Å². The molecule has 4 atom stereocenters. The zero-order valence-electron chi connectivity index (χ0n) is 16.6. The first-order valence-corrected chi connectivity index (χ1v) is 10.3. The Morgan fingerprint density at radius 3 is 2.59 bits per heavy atom. The van der Waals surface area contributed by atoms with Crippen molar-refractivity contribution in [2.45, 2.75) is 50.4 Å². The third kappa shape index (κ3) is 3.97. The van der Waals surface area contributed by atoms with Crippen LogP contribution in [-0.2, 0) is 24.9 Å². The quantitative estimate of drug-likeness (QED) is 0.477. The fourth-order valence-corrected chi connectivity index (χ4v) is 4.59. The summed E-state index contributed by atoms with van der Waals surface area (Å²) in [6, 6.07) is 17.8. The molecule has 0 aromatic heterocycles. The Morgan fingerprint density at radius 1 is 1.17 bits per heavy atom. The van der Waals surface area contributed by atoms with E-state index in [1.807, 2.05) is 55.5 Å². The lowest BCUT2D eigenvalue weighted by Crippen LogP contribution is -2.57. The van der Waals surface area contributed by atoms with Crippen molar-refractivity contribution < 1.29 is 19.3 Å². The molecule has 0 spiro atoms. The second-order valence-electron chi connectivity index (χ2n) is 8.09. The van der Waals surface area contributed by atoms with Crippen molar-refractivity contribution in [3.8, 4) is 0 Å². The lowest BCUT2D eigenvalue weighted by molar-refractivity contribution is -0.443. The van der Waals surface area contributed by atoms with E-state index >= 15 is 0 Å². The molecule has 2 aliphatic rings. The minimum Gasteiger partial charge on any atom is -0.457 e. The number of carbonyl (C=O) groups excluding carboxylic acids is 1. The van der Waals surface area contributed by atoms with Crippen LogP contribution in [-0.4, -0.2) is 17.7 Å². The van der Waals surface area contributed by atoms with Gasteiger partial charge in [0, 0.05) is 17.9 Å². The van der Waals surface area contributed by atoms with Crippen LogP contribution in [0.5, 0.6) is 0 Å². The number of hydrogen-bond acceptors (Lipinski definition) is 4. The van der Waals surface area contributed by atoms with Gasteiger partial charge in [0.15, 0.2) is 0 Å². The molecule has 0 unspecified atom stereocenters. The molecule has 1 heterocycles. The maximum Gasteiger partial charge on any atom is 0.303 e. The van der Waals surface area contributed by atoms with Crippen molar-refractivity contribution in [3.63, 3.8) is 0 Å². The van der Waals surface area contributed by atoms with Gasteiger partial charge < -0.3 is 4.74 Å². The standard InChI is InChI=1S/C24H25ClO4/c1-17(26)27-23(2)14-13-20-16-22(23)28-29-24(20,19-6-4-3-5-7-19)15-12-18-8-10-21(25)11-9-18/h3-12,15,20,22H,13-14,16H2,1-2H3/b15-12-/t20-,22+,23+,24-/m1/s1. The van der Waals surface area contributed by atoms with Crippen molar-refractivity contribution in [2.75, 3.05) is 0 Å². The summed E-state index contributed by atoms with van der Waals surface area (Å²) in [5, 5.41) is 0.706. The van der Waals surface area contributed by atoms with E-state index < -0.39 is 11.2 Å². The molecule has 0 radical (unpaired) electrons. The van der Waals surface area contributed by atoms with Gasteiger partial charge in [-0.15, -0.1) is 0 Å². The predicted octanol–water partition coefficient (Wildman–Crippen LogP) is 5.70. The number of benzene rings is 2. The second-order valence-corrected chi connectivity index (χ2v) is 8.53. The fraction of sp³-hybridized carbons (Fsp3) is 0.375. The molecular weight excluding hydrogens is 388 g/mol. The van der Waals surface area contributed by atoms with Gasteiger partial charge >= 0.3 is 5.97 Å². The number of carbonyl (C=O) groups is 1. The minimum absolute atomic E-state index is 0.204. The van der Waals surface area contributed by atoms with E-state index in [2.05, 4.69) is 18.2 Å². The van der Waals surface area contributed by atoms with E-state index in [9.17, 15) is 4.79 Å². The summed E-state index contributed by atoms with van der Waals surface area (Å²) in [7, 11) is 0. The van der Waals surface area contributed by atoms with E-state index in [0.29, 0.717) is 5.02 Å². The van der Waals surface area contributed by atoms with Crippen LogP contribution in [0, 0.1) is 5.92 Å². The number of esters is 1. The van der Waals surface area contributed by atoms with Crippen molar-refractivity contribution in [3.05, 3.63) is 76.8 Å². The molecule has 2 fully saturated rings. The Hall–Kier alpha value is -2.14. The third-order valence-electron chi connectivity index (χ3n) is 6.07. The summed E-state index contributed by atoms with van der Waals surface area (Å²) in [6.07, 6.45) is 6.20. The molecule has 1 saturated heterocycles. The molecule has 4 rings (SSSR count). The average molecular weight is 413 g/mol. The van der Waals surface area contributed by atoms with E-state index in [4.69, 9.17) is 26.1 Å². The van der Waals surface area contributed by atoms with Crippen molar-refractivity contribution in [1.29, 1.82) is 0 Å². The highest BCUT2D eigenvalue weighted by Gasteiger charge is 2.55. The normalized spacial score (nSPS) is 31.6. The van der Waals surface area contributed by atoms with E-state index in [1.165, 1.54) is 6.92 Å². The van der Waals surface area contributed by atoms with Gasteiger partial charge in [0.25, 0.3) is 0 Å². The molecule has 1 aliphatic carbocycles. The Labute approximate surface area is 176 Å². The first kappa shape index (κ1) is 20.1. The average Bonchev–Trinajstić information content (AvgIpc) is 2.72. The number of hydrogen-bond donors (Lipinski definition) is 0. The van der Waals surface area contributed by atoms with Crippen LogP contribution in [0.2, 0.25) is 5.02 Å². The smallest absolute Gasteiger partial charge is 0.303 e. The minimum atomic E-state index is -0.699. The van der Waals surface area contributed by atoms with E-state index in [-0.39, 0.29) is 18.0 Å². The van der Waals surface area contributed by atoms with Crippen molar-refractivity contribution >= 4 is 23.6 Å². The fourth-order valence-electron chi connectivity index (χ4n) is 4.47. The molecule has 152 valence electrons. The maximum atomic E-state index is 11.6. The van der Waals surface area contributed by atoms with Gasteiger partial charge in [0.1, 0.15) is 17.3 Å². The summed E-state index contributed by atoms with van der Waals surface area (Å²) >= 11 is 6.01. The summed E-state index contributed by atoms with van der Waals surface area (Å²) in [4.78, 5) is 23.6. The topological polar surface area (TPSA) is 44.8 Å². The second kappa shape index (κ2) is 7.94. The number of fused-ring (bicyclic) bond motifs is 2. The maximum absolute atomic E-state index is 11.6. The molecule has 5 heteroatoms. The lowest BCUT2D eigenvalue weighted by atomic mass is 9.67. The molecule has 4 nitrogen and oxygen atoms in total. The number of halogens is 1. The lowest BCUT2D eigenvalue weighted by Gasteiger charge is -2.52. The van der Waals surface area contributed by atoms with Crippen LogP contribution in [0.1, 0.15) is 44.2 Å². The van der Waals surface area contributed by atoms with E-state index in [1.54, 1.807) is 0 Å². The summed E-state index contributed by atoms with van der Waals surface area (Å²) < 4.78 is 5.60. The van der Waals surface area contributed by atoms with Crippen LogP contribution < -0.4 is 0 Å². The van der Waals surface area contributed by atoms with Gasteiger partial charge in [-0.2, -0.15) is 0 Å². The Morgan fingerprint density at radius 2 is 1.90 bits per heavy atom. The first-order chi connectivity index (χ1) is 13.9. The van der Waals surface area contributed by atoms with Gasteiger partial charge in [-0.25, -0.2) is 9.78 Å². The zero-order chi connectivity index (χ0) is 20.5. The van der Waals surface area contributed by atoms with Gasteiger partial charge in [0.2, 0.25) is 0 Å². The van der Waals surface area contributed by atoms with Gasteiger partial charge in [-0.1, -0.05) is 60.1 Å². The Kier molecular flexibility index (Phi) is 5.52. The highest BCUT2D eigenvalue weighted by molar-refractivity contribution is 6.30. The Bertz CT molecular complexity index is 895. The van der Waals surface area contributed by atoms with Crippen LogP contribution in [0.3, 0.4) is 0 Å². The molecule has 2 bridgehead atoms. The molecular formula is C24H25ClO4. The van der Waals surface area contributed by atoms with Crippen molar-refractivity contribution in [2.24, 2.45) is 5.92 Å². The Balaban J connectivity index is 1.67. The summed E-state index contributed by atoms with van der Waals surface area (Å²) in [6.45, 7) is 3.36. The molecule has 2 aromatic carbocycles. The van der Waals surface area contributed by atoms with Crippen LogP contribution in [0.15, 0.2) is 60.7 Å². The zero-order valence-corrected chi connectivity index (χ0v) is 17.4. The molecule has 29 heavy (non-hydrogen) atoms. The monoisotopic (exact) mass is 412 g/mol. The van der Waals surface area contributed by atoms with Gasteiger partial charge in [0.05, 0.1) is 0 Å². The molecule has 1 saturated carbocycles. The van der Waals surface area contributed by atoms with Gasteiger partial charge in [-0.05, 0) is 55.5 Å². The SMILES string of the molecule is CC(=O)O[C@@]1(C)CC[C@@H]2C[C@@H]1OO[C@]2(/C=C\c1ccc(Cl)cc1)c1ccccc1. The largest absolute Gasteiger partial charge is 0.457 e. The molecule has 0 amide bonds. The number of rotatable bonds is 4. The summed E-state index contributed by atoms with van der Waals surface area (Å²) in [5.41, 5.74) is 0.723. The highest BCUT2D eigenvalue weighted by atomic mass is 35.5.